The number of hydrogen-bond donors (Lipinski definition) is 0. The minimum absolute atomic E-state index is 0.456. The van der Waals surface area contributed by atoms with Crippen molar-refractivity contribution in [3.63, 3.8) is 0 Å². The minimum atomic E-state index is 0.456. The Morgan fingerprint density at radius 1 is 0.600 bits per heavy atom. The largest absolute Gasteiger partial charge is 0.454 e. The van der Waals surface area contributed by atoms with Gasteiger partial charge in [-0.3, -0.25) is 4.98 Å². The van der Waals surface area contributed by atoms with Gasteiger partial charge < -0.3 is 8.98 Å². The Bertz CT molecular complexity index is 2550. The van der Waals surface area contributed by atoms with E-state index in [1.54, 1.807) is 0 Å². The monoisotopic (exact) mass is 594 g/mol. The molecule has 212 valence electrons. The molecule has 10 rings (SSSR count). The average Bonchev–Trinajstić information content (AvgIpc) is 3.77. The van der Waals surface area contributed by atoms with E-state index in [0.29, 0.717) is 11.2 Å². The summed E-state index contributed by atoms with van der Waals surface area (Å²) >= 11 is 1.98. The number of aromatic nitrogens is 2. The van der Waals surface area contributed by atoms with E-state index in [4.69, 9.17) is 4.42 Å². The molecule has 0 saturated carbocycles. The highest BCUT2D eigenvalue weighted by molar-refractivity contribution is 8.00. The molecule has 0 N–H and O–H groups in total. The molecule has 0 spiro atoms. The number of pyridine rings is 1. The number of rotatable bonds is 3. The maximum atomic E-state index is 6.04. The van der Waals surface area contributed by atoms with Crippen LogP contribution in [-0.2, 0) is 0 Å². The van der Waals surface area contributed by atoms with Crippen molar-refractivity contribution in [1.29, 1.82) is 0 Å². The molecule has 2 atom stereocenters. The molecule has 0 radical (unpaired) electrons. The van der Waals surface area contributed by atoms with Crippen molar-refractivity contribution in [2.75, 3.05) is 0 Å². The molecule has 0 fully saturated rings. The smallest absolute Gasteiger partial charge is 0.153 e. The van der Waals surface area contributed by atoms with Crippen molar-refractivity contribution in [3.05, 3.63) is 151 Å². The van der Waals surface area contributed by atoms with Crippen LogP contribution in [0.4, 0.5) is 0 Å². The van der Waals surface area contributed by atoms with E-state index in [0.717, 1.165) is 38.9 Å². The lowest BCUT2D eigenvalue weighted by atomic mass is 9.90. The van der Waals surface area contributed by atoms with Crippen molar-refractivity contribution in [1.82, 2.24) is 9.55 Å². The first-order chi connectivity index (χ1) is 22.3. The second kappa shape index (κ2) is 9.59. The molecule has 0 saturated heterocycles. The van der Waals surface area contributed by atoms with Crippen molar-refractivity contribution < 1.29 is 4.42 Å². The fourth-order valence-electron chi connectivity index (χ4n) is 7.25. The van der Waals surface area contributed by atoms with E-state index in [1.165, 1.54) is 43.4 Å². The van der Waals surface area contributed by atoms with Crippen LogP contribution in [0, 0.1) is 0 Å². The zero-order valence-electron chi connectivity index (χ0n) is 24.2. The van der Waals surface area contributed by atoms with Crippen molar-refractivity contribution >= 4 is 55.6 Å². The highest BCUT2D eigenvalue weighted by Crippen LogP contribution is 2.49. The Kier molecular flexibility index (Phi) is 5.34. The molecule has 4 heteroatoms. The normalized spacial score (nSPS) is 17.1. The molecule has 3 nitrogen and oxygen atoms in total. The zero-order chi connectivity index (χ0) is 29.5. The van der Waals surface area contributed by atoms with Gasteiger partial charge in [0.25, 0.3) is 0 Å². The van der Waals surface area contributed by atoms with Gasteiger partial charge in [-0.15, -0.1) is 11.8 Å². The van der Waals surface area contributed by atoms with E-state index < -0.39 is 0 Å². The number of para-hydroxylation sites is 1. The number of benzene rings is 5. The van der Waals surface area contributed by atoms with E-state index >= 15 is 0 Å². The summed E-state index contributed by atoms with van der Waals surface area (Å²) in [6.45, 7) is 0. The van der Waals surface area contributed by atoms with Gasteiger partial charge in [0, 0.05) is 44.1 Å². The summed E-state index contributed by atoms with van der Waals surface area (Å²) in [5, 5.41) is 4.07. The van der Waals surface area contributed by atoms with E-state index in [2.05, 4.69) is 137 Å². The Morgan fingerprint density at radius 3 is 2.38 bits per heavy atom. The van der Waals surface area contributed by atoms with Gasteiger partial charge in [-0.1, -0.05) is 72.8 Å². The first kappa shape index (κ1) is 25.1. The van der Waals surface area contributed by atoms with Crippen LogP contribution in [0.25, 0.3) is 71.8 Å². The van der Waals surface area contributed by atoms with Gasteiger partial charge in [0.1, 0.15) is 11.1 Å². The molecule has 3 aromatic heterocycles. The summed E-state index contributed by atoms with van der Waals surface area (Å²) in [4.78, 5) is 5.99. The Labute approximate surface area is 264 Å². The number of fused-ring (bicyclic) bond motifs is 9. The lowest BCUT2D eigenvalue weighted by Crippen LogP contribution is -2.06. The van der Waals surface area contributed by atoms with E-state index in [-0.39, 0.29) is 0 Å². The van der Waals surface area contributed by atoms with Gasteiger partial charge in [0.2, 0.25) is 0 Å². The molecule has 5 aromatic carbocycles. The number of furan rings is 1. The van der Waals surface area contributed by atoms with Crippen LogP contribution in [0.5, 0.6) is 0 Å². The fraction of sp³-hybridized carbons (Fsp3) is 0.0488. The number of allylic oxidation sites excluding steroid dienone is 3. The third-order valence-corrected chi connectivity index (χ3v) is 10.7. The van der Waals surface area contributed by atoms with Gasteiger partial charge in [0.05, 0.1) is 11.0 Å². The molecule has 2 aliphatic rings. The van der Waals surface area contributed by atoms with Crippen LogP contribution >= 0.6 is 11.8 Å². The first-order valence-electron chi connectivity index (χ1n) is 15.4. The maximum absolute atomic E-state index is 6.04. The second-order valence-electron chi connectivity index (χ2n) is 11.9. The molecule has 1 aliphatic heterocycles. The molecule has 1 aliphatic carbocycles. The van der Waals surface area contributed by atoms with Crippen LogP contribution in [0.1, 0.15) is 11.5 Å². The third kappa shape index (κ3) is 3.82. The highest BCUT2D eigenvalue weighted by atomic mass is 32.2. The van der Waals surface area contributed by atoms with Crippen LogP contribution in [0.15, 0.2) is 155 Å². The van der Waals surface area contributed by atoms with Gasteiger partial charge in [-0.05, 0) is 94.5 Å². The zero-order valence-corrected chi connectivity index (χ0v) is 25.0. The first-order valence-corrected chi connectivity index (χ1v) is 16.2. The SMILES string of the molecule is C1=CC2Sc3ccc(-c4ccc5c(c4)c4ccccc4n5-c4cccc(-c5ccc6oc7cccnc7c6c5)c4)cc3C2C=C1. The summed E-state index contributed by atoms with van der Waals surface area (Å²) in [5.41, 5.74) is 12.4. The topological polar surface area (TPSA) is 31.0 Å². The fourth-order valence-corrected chi connectivity index (χ4v) is 8.58. The summed E-state index contributed by atoms with van der Waals surface area (Å²) < 4.78 is 8.43. The number of nitrogens with zero attached hydrogens (tertiary/aromatic N) is 2. The Morgan fingerprint density at radius 2 is 1.40 bits per heavy atom. The molecular weight excluding hydrogens is 569 g/mol. The summed E-state index contributed by atoms with van der Waals surface area (Å²) in [7, 11) is 0. The molecule has 45 heavy (non-hydrogen) atoms. The molecule has 2 unspecified atom stereocenters. The van der Waals surface area contributed by atoms with Crippen LogP contribution in [-0.4, -0.2) is 14.8 Å². The lowest BCUT2D eigenvalue weighted by Gasteiger charge is -2.15. The summed E-state index contributed by atoms with van der Waals surface area (Å²) in [6.07, 6.45) is 10.9. The number of thioether (sulfide) groups is 1. The summed E-state index contributed by atoms with van der Waals surface area (Å²) in [5.74, 6) is 0.456. The van der Waals surface area contributed by atoms with Gasteiger partial charge in [0.15, 0.2) is 5.58 Å². The molecule has 4 heterocycles. The van der Waals surface area contributed by atoms with Gasteiger partial charge in [-0.2, -0.15) is 0 Å². The minimum Gasteiger partial charge on any atom is -0.454 e. The van der Waals surface area contributed by atoms with Crippen LogP contribution < -0.4 is 0 Å². The molecular formula is C41H26N2OS. The Balaban J connectivity index is 1.10. The quantitative estimate of drug-likeness (QED) is 0.204. The predicted octanol–water partition coefficient (Wildman–Crippen LogP) is 11.1. The average molecular weight is 595 g/mol. The van der Waals surface area contributed by atoms with E-state index in [1.807, 2.05) is 30.1 Å². The Hall–Kier alpha value is -5.32. The maximum Gasteiger partial charge on any atom is 0.153 e. The number of hydrogen-bond acceptors (Lipinski definition) is 3. The van der Waals surface area contributed by atoms with Crippen LogP contribution in [0.3, 0.4) is 0 Å². The standard InChI is InChI=1S/C41H26N2OS/c1-3-11-35-30(9-1)32-22-26(28-16-19-40-33(23-28)31-10-2-4-13-39(31)45-40)14-17-36(32)43(35)29-8-5-7-25(21-29)27-15-18-37-34(24-27)41-38(44-37)12-6-20-42-41/h1-24,31,39H. The summed E-state index contributed by atoms with van der Waals surface area (Å²) in [6, 6.07) is 41.8. The van der Waals surface area contributed by atoms with E-state index in [9.17, 15) is 0 Å². The second-order valence-corrected chi connectivity index (χ2v) is 13.1. The lowest BCUT2D eigenvalue weighted by molar-refractivity contribution is 0.668. The third-order valence-electron chi connectivity index (χ3n) is 9.39. The molecule has 0 bridgehead atoms. The molecule has 8 aromatic rings. The van der Waals surface area contributed by atoms with Crippen molar-refractivity contribution in [2.24, 2.45) is 0 Å². The van der Waals surface area contributed by atoms with Crippen molar-refractivity contribution in [3.8, 4) is 27.9 Å². The van der Waals surface area contributed by atoms with Gasteiger partial charge in [-0.25, -0.2) is 0 Å². The van der Waals surface area contributed by atoms with Crippen molar-refractivity contribution in [2.45, 2.75) is 16.1 Å². The van der Waals surface area contributed by atoms with Crippen LogP contribution in [0.2, 0.25) is 0 Å². The molecule has 0 amide bonds. The van der Waals surface area contributed by atoms with Gasteiger partial charge >= 0.3 is 0 Å². The predicted molar refractivity (Wildman–Crippen MR) is 187 cm³/mol. The highest BCUT2D eigenvalue weighted by Gasteiger charge is 2.31.